The first kappa shape index (κ1) is 45.6. The topological polar surface area (TPSA) is 127 Å². The van der Waals surface area contributed by atoms with Crippen molar-refractivity contribution in [2.75, 3.05) is 11.1 Å². The van der Waals surface area contributed by atoms with Gasteiger partial charge < -0.3 is 16.2 Å². The molecule has 1 amide bonds. The highest BCUT2D eigenvalue weighted by atomic mass is 79.9. The number of para-hydroxylation sites is 2. The summed E-state index contributed by atoms with van der Waals surface area (Å²) in [7, 11) is 0. The first-order valence-electron chi connectivity index (χ1n) is 14.3. The van der Waals surface area contributed by atoms with E-state index in [2.05, 4.69) is 47.4 Å². The van der Waals surface area contributed by atoms with Crippen LogP contribution in [0.25, 0.3) is 11.0 Å². The molecule has 0 saturated carbocycles. The summed E-state index contributed by atoms with van der Waals surface area (Å²) in [6.07, 6.45) is 6.72. The molecule has 6 aromatic rings. The number of nitrogen functional groups attached to an aromatic ring is 1. The van der Waals surface area contributed by atoms with E-state index in [9.17, 15) is 9.59 Å². The molecule has 48 heavy (non-hydrogen) atoms. The number of hydrogen-bond donors (Lipinski definition) is 3. The van der Waals surface area contributed by atoms with Crippen LogP contribution in [0.3, 0.4) is 0 Å². The molecule has 4 heterocycles. The summed E-state index contributed by atoms with van der Waals surface area (Å²) in [5, 5.41) is 19.8. The third kappa shape index (κ3) is 12.6. The number of nitrogens with two attached hydrogens (primary N) is 1. The lowest BCUT2D eigenvalue weighted by Crippen LogP contribution is -2.13. The molecular weight excluding hydrogens is 736 g/mol. The summed E-state index contributed by atoms with van der Waals surface area (Å²) < 4.78 is 4.98. The van der Waals surface area contributed by atoms with Gasteiger partial charge in [0, 0.05) is 29.3 Å². The van der Waals surface area contributed by atoms with Crippen LogP contribution in [0.15, 0.2) is 107 Å². The molecule has 0 radical (unpaired) electrons. The van der Waals surface area contributed by atoms with Crippen molar-refractivity contribution < 1.29 is 14.7 Å². The molecule has 0 fully saturated rings. The molecule has 0 aliphatic carbocycles. The zero-order valence-electron chi connectivity index (χ0n) is 26.1. The van der Waals surface area contributed by atoms with Crippen molar-refractivity contribution in [2.45, 2.75) is 63.8 Å². The van der Waals surface area contributed by atoms with Crippen molar-refractivity contribution in [3.63, 3.8) is 0 Å². The number of anilines is 2. The summed E-state index contributed by atoms with van der Waals surface area (Å²) in [6.45, 7) is 12.0. The van der Waals surface area contributed by atoms with E-state index in [4.69, 9.17) is 10.8 Å². The van der Waals surface area contributed by atoms with Crippen molar-refractivity contribution >= 4 is 66.1 Å². The molecule has 0 bridgehead atoms. The molecule has 0 spiro atoms. The van der Waals surface area contributed by atoms with Gasteiger partial charge in [-0.1, -0.05) is 86.4 Å². The number of carbonyl (C=O) groups is 2. The van der Waals surface area contributed by atoms with Crippen molar-refractivity contribution in [1.82, 2.24) is 19.2 Å². The zero-order chi connectivity index (χ0) is 33.5. The highest BCUT2D eigenvalue weighted by Gasteiger charge is 2.10. The van der Waals surface area contributed by atoms with Crippen LogP contribution in [0.5, 0.6) is 0 Å². The average molecular weight is 787 g/mol. The Kier molecular flexibility index (Phi) is 21.8. The Labute approximate surface area is 302 Å². The minimum absolute atomic E-state index is 0. The summed E-state index contributed by atoms with van der Waals surface area (Å²) in [5.74, 6) is -1.06. The van der Waals surface area contributed by atoms with Gasteiger partial charge in [0.05, 0.1) is 37.9 Å². The van der Waals surface area contributed by atoms with Crippen LogP contribution in [-0.2, 0) is 0 Å². The molecule has 0 aliphatic rings. The number of aryl methyl sites for hydroxylation is 2. The number of hydrogen-bond acceptors (Lipinski definition) is 5. The maximum absolute atomic E-state index is 12.3. The largest absolute Gasteiger partial charge is 0.478 e. The Bertz CT molecular complexity index is 1830. The van der Waals surface area contributed by atoms with Crippen molar-refractivity contribution in [2.24, 2.45) is 0 Å². The van der Waals surface area contributed by atoms with Gasteiger partial charge >= 0.3 is 5.97 Å². The number of nitrogens with one attached hydrogen (secondary N) is 1. The smallest absolute Gasteiger partial charge is 0.335 e. The molecule has 0 saturated heterocycles. The number of fused-ring (bicyclic) bond motifs is 2. The fourth-order valence-electron chi connectivity index (χ4n) is 3.67. The Hall–Kier alpha value is -4.48. The van der Waals surface area contributed by atoms with Crippen LogP contribution < -0.4 is 11.1 Å². The van der Waals surface area contributed by atoms with E-state index in [0.29, 0.717) is 5.56 Å². The lowest BCUT2D eigenvalue weighted by Gasteiger charge is -2.08. The molecule has 0 atom stereocenters. The molecule has 260 valence electrons. The highest BCUT2D eigenvalue weighted by Crippen LogP contribution is 2.20. The summed E-state index contributed by atoms with van der Waals surface area (Å²) >= 11 is 6.69. The Morgan fingerprint density at radius 2 is 1.15 bits per heavy atom. The molecule has 2 aromatic carbocycles. The second-order valence-corrected chi connectivity index (χ2v) is 10.6. The normalized spacial score (nSPS) is 9.08. The number of carbonyl (C=O) groups excluding carboxylic acids is 1. The van der Waals surface area contributed by atoms with E-state index in [-0.39, 0.29) is 33.8 Å². The first-order chi connectivity index (χ1) is 21.6. The average Bonchev–Trinajstić information content (AvgIpc) is 3.63. The van der Waals surface area contributed by atoms with Gasteiger partial charge in [-0.25, -0.2) is 13.8 Å². The third-order valence-electron chi connectivity index (χ3n) is 6.04. The Balaban J connectivity index is 0. The summed E-state index contributed by atoms with van der Waals surface area (Å²) in [4.78, 5) is 22.9. The summed E-state index contributed by atoms with van der Waals surface area (Å²) in [6, 6.07) is 22.1. The molecule has 6 rings (SSSR count). The predicted molar refractivity (Wildman–Crippen MR) is 210 cm³/mol. The van der Waals surface area contributed by atoms with Crippen LogP contribution in [0.2, 0.25) is 0 Å². The van der Waals surface area contributed by atoms with E-state index >= 15 is 0 Å². The van der Waals surface area contributed by atoms with Gasteiger partial charge in [0.15, 0.2) is 0 Å². The Morgan fingerprint density at radius 1 is 0.708 bits per heavy atom. The highest BCUT2D eigenvalue weighted by molar-refractivity contribution is 9.11. The third-order valence-corrected chi connectivity index (χ3v) is 7.26. The number of carboxylic acids is 1. The van der Waals surface area contributed by atoms with Crippen molar-refractivity contribution in [1.29, 1.82) is 0 Å². The maximum Gasteiger partial charge on any atom is 0.335 e. The maximum atomic E-state index is 12.3. The number of aromatic carboxylic acids is 1. The molecule has 11 heteroatoms. The van der Waals surface area contributed by atoms with Gasteiger partial charge in [-0.3, -0.25) is 4.79 Å². The van der Waals surface area contributed by atoms with E-state index in [1.807, 2.05) is 96.1 Å². The van der Waals surface area contributed by atoms with Gasteiger partial charge in [-0.15, -0.1) is 0 Å². The number of rotatable bonds is 3. The lowest BCUT2D eigenvalue weighted by molar-refractivity contribution is 0.0696. The molecule has 0 unspecified atom stereocenters. The SMILES string of the molecule is C.C.C.CC.CC.Cc1ccccc1N.Cc1ccccc1NC(=O)c1ccn2ncc(Br)c2c1.O=C(O)c1ccn2ncc(Br)c2c1. The first-order valence-corrected chi connectivity index (χ1v) is 15.9. The second-order valence-electron chi connectivity index (χ2n) is 8.91. The van der Waals surface area contributed by atoms with E-state index in [0.717, 1.165) is 42.5 Å². The molecule has 4 N–H and O–H groups in total. The number of aromatic nitrogens is 4. The predicted octanol–water partition coefficient (Wildman–Crippen LogP) is 11.0. The van der Waals surface area contributed by atoms with Crippen LogP contribution in [0.4, 0.5) is 11.4 Å². The van der Waals surface area contributed by atoms with Gasteiger partial charge in [0.2, 0.25) is 0 Å². The number of amides is 1. The lowest BCUT2D eigenvalue weighted by atomic mass is 10.2. The van der Waals surface area contributed by atoms with Gasteiger partial charge in [0.25, 0.3) is 5.91 Å². The Morgan fingerprint density at radius 3 is 1.58 bits per heavy atom. The fraction of sp³-hybridized carbons (Fsp3) is 0.243. The van der Waals surface area contributed by atoms with E-state index in [1.165, 1.54) is 6.07 Å². The van der Waals surface area contributed by atoms with Crippen molar-refractivity contribution in [3.05, 3.63) is 129 Å². The molecule has 9 nitrogen and oxygen atoms in total. The van der Waals surface area contributed by atoms with Gasteiger partial charge in [0.1, 0.15) is 0 Å². The van der Waals surface area contributed by atoms with Crippen molar-refractivity contribution in [3.8, 4) is 0 Å². The number of pyridine rings is 2. The molecular formula is C37H50Br2N6O3. The molecule has 4 aromatic heterocycles. The number of nitrogens with zero attached hydrogens (tertiary/aromatic N) is 4. The minimum Gasteiger partial charge on any atom is -0.478 e. The van der Waals surface area contributed by atoms with Crippen LogP contribution in [0.1, 0.15) is 81.8 Å². The van der Waals surface area contributed by atoms with Gasteiger partial charge in [-0.05, 0) is 93.2 Å². The summed E-state index contributed by atoms with van der Waals surface area (Å²) in [5.41, 5.74) is 11.9. The standard InChI is InChI=1S/C15H12BrN3O.C8H5BrN2O2.C7H9N.2C2H6.3CH4/c1-10-4-2-3-5-13(10)18-15(20)11-6-7-19-14(8-11)12(16)9-17-19;9-6-4-10-11-2-1-5(8(12)13)3-7(6)11;1-6-4-2-3-5-7(6)8;2*1-2;;;/h2-9H,1H3,(H,18,20);1-4H,(H,12,13);2-5H,8H2,1H3;2*1-2H3;3*1H4. The zero-order valence-corrected chi connectivity index (χ0v) is 29.3. The quantitative estimate of drug-likeness (QED) is 0.153. The minimum atomic E-state index is -0.935. The van der Waals surface area contributed by atoms with Crippen LogP contribution >= 0.6 is 31.9 Å². The van der Waals surface area contributed by atoms with Crippen LogP contribution in [0, 0.1) is 13.8 Å². The number of halogens is 2. The van der Waals surface area contributed by atoms with E-state index in [1.54, 1.807) is 46.0 Å². The monoisotopic (exact) mass is 784 g/mol. The number of carboxylic acid groups (broad SMARTS) is 1. The number of benzene rings is 2. The fourth-order valence-corrected chi connectivity index (χ4v) is 4.45. The van der Waals surface area contributed by atoms with Crippen LogP contribution in [-0.4, -0.2) is 36.2 Å². The van der Waals surface area contributed by atoms with E-state index < -0.39 is 5.97 Å². The second kappa shape index (κ2) is 22.9. The van der Waals surface area contributed by atoms with Gasteiger partial charge in [-0.2, -0.15) is 10.2 Å². The molecule has 0 aliphatic heterocycles.